The number of aryl methyl sites for hydroxylation is 1. The second kappa shape index (κ2) is 5.15. The Kier molecular flexibility index (Phi) is 3.58. The highest BCUT2D eigenvalue weighted by atomic mass is 79.9. The van der Waals surface area contributed by atoms with Crippen LogP contribution in [0.2, 0.25) is 0 Å². The first-order valence-corrected chi connectivity index (χ1v) is 6.09. The van der Waals surface area contributed by atoms with Crippen LogP contribution >= 0.6 is 15.9 Å². The van der Waals surface area contributed by atoms with Crippen LogP contribution in [0.5, 0.6) is 0 Å². The fraction of sp³-hybridized carbons (Fsp3) is 0.154. The van der Waals surface area contributed by atoms with Crippen molar-refractivity contribution in [2.45, 2.75) is 5.92 Å². The van der Waals surface area contributed by atoms with Gasteiger partial charge in [0, 0.05) is 17.7 Å². The van der Waals surface area contributed by atoms with Crippen molar-refractivity contribution in [2.75, 3.05) is 0 Å². The number of carbonyl (C=O) groups excluding carboxylic acids is 1. The number of benzene rings is 1. The molecule has 0 aliphatic rings. The largest absolute Gasteiger partial charge is 0.292 e. The third-order valence-corrected chi connectivity index (χ3v) is 3.11. The molecule has 0 fully saturated rings. The standard InChI is InChI=1S/C13H10BrN3O/c1-17-8-10(7-16-17)13(18)12(6-15)9-2-4-11(14)5-3-9/h2-5,7-8,12H,1H3. The quantitative estimate of drug-likeness (QED) is 0.819. The molecule has 1 atom stereocenters. The molecule has 4 nitrogen and oxygen atoms in total. The van der Waals surface area contributed by atoms with E-state index in [9.17, 15) is 10.1 Å². The van der Waals surface area contributed by atoms with Gasteiger partial charge in [-0.05, 0) is 17.7 Å². The molecule has 1 aromatic heterocycles. The second-order valence-electron chi connectivity index (χ2n) is 3.88. The van der Waals surface area contributed by atoms with Gasteiger partial charge in [-0.2, -0.15) is 10.4 Å². The Bertz CT molecular complexity index is 610. The molecule has 0 N–H and O–H groups in total. The highest BCUT2D eigenvalue weighted by Gasteiger charge is 2.22. The van der Waals surface area contributed by atoms with Crippen molar-refractivity contribution in [3.63, 3.8) is 0 Å². The molecule has 1 aromatic carbocycles. The number of carbonyl (C=O) groups is 1. The van der Waals surface area contributed by atoms with Gasteiger partial charge < -0.3 is 0 Å². The van der Waals surface area contributed by atoms with Crippen LogP contribution in [-0.4, -0.2) is 15.6 Å². The molecule has 0 radical (unpaired) electrons. The molecule has 2 rings (SSSR count). The highest BCUT2D eigenvalue weighted by Crippen LogP contribution is 2.22. The fourth-order valence-electron chi connectivity index (χ4n) is 1.65. The molecule has 90 valence electrons. The Hall–Kier alpha value is -1.93. The number of rotatable bonds is 3. The van der Waals surface area contributed by atoms with Crippen molar-refractivity contribution in [1.82, 2.24) is 9.78 Å². The number of hydrogen-bond donors (Lipinski definition) is 0. The van der Waals surface area contributed by atoms with Gasteiger partial charge in [0.2, 0.25) is 0 Å². The molecule has 18 heavy (non-hydrogen) atoms. The number of hydrogen-bond acceptors (Lipinski definition) is 3. The first kappa shape index (κ1) is 12.5. The fourth-order valence-corrected chi connectivity index (χ4v) is 1.92. The number of nitrogens with zero attached hydrogens (tertiary/aromatic N) is 3. The average molecular weight is 304 g/mol. The minimum Gasteiger partial charge on any atom is -0.292 e. The zero-order chi connectivity index (χ0) is 13.1. The van der Waals surface area contributed by atoms with Gasteiger partial charge in [-0.3, -0.25) is 9.48 Å². The summed E-state index contributed by atoms with van der Waals surface area (Å²) in [6.07, 6.45) is 3.09. The SMILES string of the molecule is Cn1cc(C(=O)C(C#N)c2ccc(Br)cc2)cn1. The minimum absolute atomic E-state index is 0.229. The Labute approximate surface area is 113 Å². The summed E-state index contributed by atoms with van der Waals surface area (Å²) in [4.78, 5) is 12.2. The predicted molar refractivity (Wildman–Crippen MR) is 70.0 cm³/mol. The van der Waals surface area contributed by atoms with Crippen molar-refractivity contribution in [3.05, 3.63) is 52.3 Å². The summed E-state index contributed by atoms with van der Waals surface area (Å²) in [6.45, 7) is 0. The maximum atomic E-state index is 12.2. The van der Waals surface area contributed by atoms with Crippen LogP contribution in [0.1, 0.15) is 21.8 Å². The molecule has 0 aliphatic carbocycles. The number of Topliss-reactive ketones (excluding diaryl/α,β-unsaturated/α-hetero) is 1. The van der Waals surface area contributed by atoms with Gasteiger partial charge in [0.05, 0.1) is 17.8 Å². The predicted octanol–water partition coefficient (Wildman–Crippen LogP) is 2.67. The molecule has 2 aromatic rings. The molecule has 0 bridgehead atoms. The van der Waals surface area contributed by atoms with Crippen LogP contribution in [-0.2, 0) is 7.05 Å². The molecule has 0 amide bonds. The zero-order valence-corrected chi connectivity index (χ0v) is 11.3. The maximum Gasteiger partial charge on any atom is 0.187 e. The smallest absolute Gasteiger partial charge is 0.187 e. The van der Waals surface area contributed by atoms with E-state index in [1.54, 1.807) is 30.1 Å². The number of nitriles is 1. The Morgan fingerprint density at radius 1 is 1.44 bits per heavy atom. The zero-order valence-electron chi connectivity index (χ0n) is 9.67. The summed E-state index contributed by atoms with van der Waals surface area (Å²) in [7, 11) is 1.73. The third kappa shape index (κ3) is 2.49. The summed E-state index contributed by atoms with van der Waals surface area (Å²) in [5.74, 6) is -1.02. The van der Waals surface area contributed by atoms with Gasteiger partial charge in [0.25, 0.3) is 0 Å². The Morgan fingerprint density at radius 2 is 2.11 bits per heavy atom. The summed E-state index contributed by atoms with van der Waals surface area (Å²) >= 11 is 3.32. The lowest BCUT2D eigenvalue weighted by atomic mass is 9.93. The normalized spacial score (nSPS) is 11.8. The second-order valence-corrected chi connectivity index (χ2v) is 4.80. The van der Waals surface area contributed by atoms with Gasteiger partial charge in [-0.1, -0.05) is 28.1 Å². The lowest BCUT2D eigenvalue weighted by Gasteiger charge is -2.06. The highest BCUT2D eigenvalue weighted by molar-refractivity contribution is 9.10. The molecule has 1 heterocycles. The van der Waals surface area contributed by atoms with Crippen LogP contribution in [0, 0.1) is 11.3 Å². The lowest BCUT2D eigenvalue weighted by Crippen LogP contribution is -2.10. The topological polar surface area (TPSA) is 58.7 Å². The molecule has 0 saturated heterocycles. The van der Waals surface area contributed by atoms with E-state index in [-0.39, 0.29) is 5.78 Å². The van der Waals surface area contributed by atoms with Gasteiger partial charge in [-0.25, -0.2) is 0 Å². The minimum atomic E-state index is -0.790. The Balaban J connectivity index is 2.32. The van der Waals surface area contributed by atoms with E-state index in [0.29, 0.717) is 11.1 Å². The van der Waals surface area contributed by atoms with E-state index in [4.69, 9.17) is 0 Å². The molecule has 0 saturated carbocycles. The summed E-state index contributed by atoms with van der Waals surface area (Å²) in [5, 5.41) is 13.1. The molecular formula is C13H10BrN3O. The Morgan fingerprint density at radius 3 is 2.61 bits per heavy atom. The van der Waals surface area contributed by atoms with Gasteiger partial charge >= 0.3 is 0 Å². The van der Waals surface area contributed by atoms with E-state index in [1.807, 2.05) is 18.2 Å². The van der Waals surface area contributed by atoms with Crippen LogP contribution < -0.4 is 0 Å². The molecular weight excluding hydrogens is 294 g/mol. The van der Waals surface area contributed by atoms with Gasteiger partial charge in [0.1, 0.15) is 5.92 Å². The van der Waals surface area contributed by atoms with Crippen molar-refractivity contribution in [2.24, 2.45) is 7.05 Å². The van der Waals surface area contributed by atoms with Gasteiger partial charge in [-0.15, -0.1) is 0 Å². The molecule has 0 spiro atoms. The van der Waals surface area contributed by atoms with Crippen molar-refractivity contribution >= 4 is 21.7 Å². The van der Waals surface area contributed by atoms with E-state index in [1.165, 1.54) is 6.20 Å². The number of halogens is 1. The van der Waals surface area contributed by atoms with Crippen molar-refractivity contribution in [3.8, 4) is 6.07 Å². The summed E-state index contributed by atoms with van der Waals surface area (Å²) in [6, 6.07) is 9.21. The van der Waals surface area contributed by atoms with Crippen molar-refractivity contribution in [1.29, 1.82) is 5.26 Å². The van der Waals surface area contributed by atoms with E-state index in [0.717, 1.165) is 4.47 Å². The first-order chi connectivity index (χ1) is 8.61. The van der Waals surface area contributed by atoms with E-state index >= 15 is 0 Å². The maximum absolute atomic E-state index is 12.2. The molecule has 0 aliphatic heterocycles. The molecule has 5 heteroatoms. The molecule has 1 unspecified atom stereocenters. The van der Waals surface area contributed by atoms with Crippen LogP contribution in [0.4, 0.5) is 0 Å². The van der Waals surface area contributed by atoms with E-state index in [2.05, 4.69) is 21.0 Å². The van der Waals surface area contributed by atoms with Crippen LogP contribution in [0.15, 0.2) is 41.1 Å². The van der Waals surface area contributed by atoms with Gasteiger partial charge in [0.15, 0.2) is 5.78 Å². The lowest BCUT2D eigenvalue weighted by molar-refractivity contribution is 0.0979. The monoisotopic (exact) mass is 303 g/mol. The third-order valence-electron chi connectivity index (χ3n) is 2.58. The summed E-state index contributed by atoms with van der Waals surface area (Å²) in [5.41, 5.74) is 1.14. The van der Waals surface area contributed by atoms with Crippen molar-refractivity contribution < 1.29 is 4.79 Å². The first-order valence-electron chi connectivity index (χ1n) is 5.30. The van der Waals surface area contributed by atoms with Crippen LogP contribution in [0.3, 0.4) is 0 Å². The average Bonchev–Trinajstić information content (AvgIpc) is 2.79. The number of ketones is 1. The number of aromatic nitrogens is 2. The summed E-state index contributed by atoms with van der Waals surface area (Å²) < 4.78 is 2.46. The van der Waals surface area contributed by atoms with E-state index < -0.39 is 5.92 Å². The van der Waals surface area contributed by atoms with Crippen LogP contribution in [0.25, 0.3) is 0 Å².